The zero-order valence-electron chi connectivity index (χ0n) is 10.1. The number of hydrogen-bond acceptors (Lipinski definition) is 4. The molecular formula is C12H15ClN4S. The summed E-state index contributed by atoms with van der Waals surface area (Å²) in [5.41, 5.74) is 1.36. The average Bonchev–Trinajstić information content (AvgIpc) is 2.96. The first-order chi connectivity index (χ1) is 8.74. The Kier molecular flexibility index (Phi) is 3.37. The van der Waals surface area contributed by atoms with E-state index in [4.69, 9.17) is 11.6 Å². The minimum absolute atomic E-state index is 0.169. The van der Waals surface area contributed by atoms with Crippen molar-refractivity contribution in [3.05, 3.63) is 33.0 Å². The van der Waals surface area contributed by atoms with Crippen LogP contribution in [-0.2, 0) is 6.42 Å². The van der Waals surface area contributed by atoms with Crippen molar-refractivity contribution >= 4 is 22.9 Å². The van der Waals surface area contributed by atoms with E-state index < -0.39 is 0 Å². The number of aromatic nitrogens is 3. The fourth-order valence-corrected chi connectivity index (χ4v) is 3.88. The predicted molar refractivity (Wildman–Crippen MR) is 72.9 cm³/mol. The molecule has 0 radical (unpaired) electrons. The van der Waals surface area contributed by atoms with Gasteiger partial charge in [-0.1, -0.05) is 11.6 Å². The summed E-state index contributed by atoms with van der Waals surface area (Å²) < 4.78 is 0.890. The molecule has 2 N–H and O–H groups in total. The zero-order chi connectivity index (χ0) is 12.5. The highest BCUT2D eigenvalue weighted by atomic mass is 35.5. The van der Waals surface area contributed by atoms with Gasteiger partial charge in [-0.25, -0.2) is 4.98 Å². The molecule has 0 fully saturated rings. The summed E-state index contributed by atoms with van der Waals surface area (Å²) in [6, 6.07) is 2.64. The Balaban J connectivity index is 1.78. The lowest BCUT2D eigenvalue weighted by molar-refractivity contribution is 0.409. The molecule has 0 aromatic carbocycles. The van der Waals surface area contributed by atoms with Gasteiger partial charge in [0, 0.05) is 10.9 Å². The molecule has 6 heteroatoms. The molecule has 2 unspecified atom stereocenters. The second-order valence-corrected chi connectivity index (χ2v) is 6.40. The predicted octanol–water partition coefficient (Wildman–Crippen LogP) is 3.25. The molecule has 0 aliphatic heterocycles. The van der Waals surface area contributed by atoms with Crippen LogP contribution in [0.4, 0.5) is 0 Å². The Morgan fingerprint density at radius 2 is 2.50 bits per heavy atom. The van der Waals surface area contributed by atoms with Gasteiger partial charge >= 0.3 is 0 Å². The third kappa shape index (κ3) is 2.30. The summed E-state index contributed by atoms with van der Waals surface area (Å²) in [7, 11) is 0. The van der Waals surface area contributed by atoms with Crippen LogP contribution in [0.2, 0.25) is 4.34 Å². The third-order valence-corrected chi connectivity index (χ3v) is 4.72. The molecule has 0 spiro atoms. The number of aromatic amines is 1. The molecule has 0 saturated heterocycles. The lowest BCUT2D eigenvalue weighted by atomic mass is 9.93. The maximum Gasteiger partial charge on any atom is 0.141 e. The SMILES string of the molecule is CC(NC1CCCc2sc(Cl)cc21)c1ncn[nH]1. The summed E-state index contributed by atoms with van der Waals surface area (Å²) >= 11 is 7.82. The number of rotatable bonds is 3. The van der Waals surface area contributed by atoms with E-state index in [0.29, 0.717) is 6.04 Å². The van der Waals surface area contributed by atoms with Gasteiger partial charge in [0.2, 0.25) is 0 Å². The smallest absolute Gasteiger partial charge is 0.141 e. The first-order valence-electron chi connectivity index (χ1n) is 6.13. The first-order valence-corrected chi connectivity index (χ1v) is 7.33. The van der Waals surface area contributed by atoms with Gasteiger partial charge in [0.15, 0.2) is 0 Å². The number of fused-ring (bicyclic) bond motifs is 1. The van der Waals surface area contributed by atoms with Crippen LogP contribution in [0.5, 0.6) is 0 Å². The molecule has 2 aromatic rings. The molecule has 18 heavy (non-hydrogen) atoms. The van der Waals surface area contributed by atoms with Gasteiger partial charge in [0.25, 0.3) is 0 Å². The van der Waals surface area contributed by atoms with E-state index in [-0.39, 0.29) is 6.04 Å². The summed E-state index contributed by atoms with van der Waals surface area (Å²) in [6.07, 6.45) is 5.06. The van der Waals surface area contributed by atoms with Crippen molar-refractivity contribution < 1.29 is 0 Å². The first kappa shape index (κ1) is 12.1. The minimum atomic E-state index is 0.169. The lowest BCUT2D eigenvalue weighted by Crippen LogP contribution is -2.27. The Morgan fingerprint density at radius 3 is 3.28 bits per heavy atom. The van der Waals surface area contributed by atoms with Crippen LogP contribution in [0.15, 0.2) is 12.4 Å². The van der Waals surface area contributed by atoms with Gasteiger partial charge in [-0.15, -0.1) is 11.3 Å². The van der Waals surface area contributed by atoms with Gasteiger partial charge in [-0.05, 0) is 37.8 Å². The van der Waals surface area contributed by atoms with Crippen LogP contribution in [0.25, 0.3) is 0 Å². The van der Waals surface area contributed by atoms with E-state index in [1.165, 1.54) is 16.9 Å². The van der Waals surface area contributed by atoms with E-state index in [1.54, 1.807) is 17.7 Å². The number of halogens is 1. The molecule has 3 rings (SSSR count). The number of aryl methyl sites for hydroxylation is 1. The molecule has 96 valence electrons. The van der Waals surface area contributed by atoms with E-state index in [2.05, 4.69) is 33.5 Å². The number of H-pyrrole nitrogens is 1. The minimum Gasteiger partial charge on any atom is -0.301 e. The second kappa shape index (κ2) is 4.99. The van der Waals surface area contributed by atoms with Crippen LogP contribution in [-0.4, -0.2) is 15.2 Å². The molecule has 2 atom stereocenters. The Bertz CT molecular complexity index is 522. The van der Waals surface area contributed by atoms with E-state index in [0.717, 1.165) is 23.0 Å². The van der Waals surface area contributed by atoms with Gasteiger partial charge in [0.05, 0.1) is 10.4 Å². The van der Waals surface area contributed by atoms with Gasteiger partial charge < -0.3 is 5.32 Å². The van der Waals surface area contributed by atoms with Crippen LogP contribution in [0, 0.1) is 0 Å². The van der Waals surface area contributed by atoms with Gasteiger partial charge in [0.1, 0.15) is 12.2 Å². The lowest BCUT2D eigenvalue weighted by Gasteiger charge is -2.26. The molecule has 0 saturated carbocycles. The monoisotopic (exact) mass is 282 g/mol. The van der Waals surface area contributed by atoms with Crippen molar-refractivity contribution in [2.45, 2.75) is 38.3 Å². The molecule has 2 heterocycles. The van der Waals surface area contributed by atoms with Crippen LogP contribution < -0.4 is 5.32 Å². The molecule has 0 amide bonds. The normalized spacial score (nSPS) is 20.7. The molecule has 1 aliphatic carbocycles. The standard InChI is InChI=1S/C12H15ClN4S/c1-7(12-14-6-15-17-12)16-9-3-2-4-10-8(9)5-11(13)18-10/h5-7,9,16H,2-4H2,1H3,(H,14,15,17). The third-order valence-electron chi connectivity index (χ3n) is 3.38. The topological polar surface area (TPSA) is 53.6 Å². The van der Waals surface area contributed by atoms with E-state index in [1.807, 2.05) is 0 Å². The van der Waals surface area contributed by atoms with Crippen molar-refractivity contribution in [1.29, 1.82) is 0 Å². The fourth-order valence-electron chi connectivity index (χ4n) is 2.50. The van der Waals surface area contributed by atoms with E-state index >= 15 is 0 Å². The summed E-state index contributed by atoms with van der Waals surface area (Å²) in [5.74, 6) is 0.878. The average molecular weight is 283 g/mol. The molecule has 1 aliphatic rings. The number of nitrogens with one attached hydrogen (secondary N) is 2. The Hall–Kier alpha value is -0.910. The molecular weight excluding hydrogens is 268 g/mol. The maximum atomic E-state index is 6.11. The van der Waals surface area contributed by atoms with Crippen molar-refractivity contribution in [1.82, 2.24) is 20.5 Å². The highest BCUT2D eigenvalue weighted by Gasteiger charge is 2.24. The van der Waals surface area contributed by atoms with Crippen molar-refractivity contribution in [3.8, 4) is 0 Å². The fraction of sp³-hybridized carbons (Fsp3) is 0.500. The number of nitrogens with zero attached hydrogens (tertiary/aromatic N) is 2. The summed E-state index contributed by atoms with van der Waals surface area (Å²) in [5, 5.41) is 10.4. The van der Waals surface area contributed by atoms with E-state index in [9.17, 15) is 0 Å². The Labute approximate surface area is 115 Å². The van der Waals surface area contributed by atoms with Crippen molar-refractivity contribution in [2.24, 2.45) is 0 Å². The summed E-state index contributed by atoms with van der Waals surface area (Å²) in [4.78, 5) is 5.61. The Morgan fingerprint density at radius 1 is 1.61 bits per heavy atom. The van der Waals surface area contributed by atoms with Crippen LogP contribution >= 0.6 is 22.9 Å². The van der Waals surface area contributed by atoms with Crippen molar-refractivity contribution in [3.63, 3.8) is 0 Å². The molecule has 4 nitrogen and oxygen atoms in total. The highest BCUT2D eigenvalue weighted by molar-refractivity contribution is 7.16. The largest absolute Gasteiger partial charge is 0.301 e. The molecule has 0 bridgehead atoms. The number of thiophene rings is 1. The van der Waals surface area contributed by atoms with Crippen molar-refractivity contribution in [2.75, 3.05) is 0 Å². The van der Waals surface area contributed by atoms with Gasteiger partial charge in [-0.3, -0.25) is 5.10 Å². The maximum absolute atomic E-state index is 6.11. The quantitative estimate of drug-likeness (QED) is 0.909. The summed E-state index contributed by atoms with van der Waals surface area (Å²) in [6.45, 7) is 2.10. The van der Waals surface area contributed by atoms with Crippen LogP contribution in [0.3, 0.4) is 0 Å². The van der Waals surface area contributed by atoms with Gasteiger partial charge in [-0.2, -0.15) is 5.10 Å². The second-order valence-electron chi connectivity index (χ2n) is 4.63. The number of hydrogen-bond donors (Lipinski definition) is 2. The zero-order valence-corrected chi connectivity index (χ0v) is 11.7. The van der Waals surface area contributed by atoms with Crippen LogP contribution in [0.1, 0.15) is 48.1 Å². The highest BCUT2D eigenvalue weighted by Crippen LogP contribution is 2.38. The molecule has 2 aromatic heterocycles.